The summed E-state index contributed by atoms with van der Waals surface area (Å²) in [5.41, 5.74) is 1.50. The quantitative estimate of drug-likeness (QED) is 0.818. The second kappa shape index (κ2) is 7.13. The molecule has 1 saturated heterocycles. The maximum absolute atomic E-state index is 13.0. The first-order valence-corrected chi connectivity index (χ1v) is 11.1. The fraction of sp³-hybridized carbons (Fsp3) is 0.350. The molecule has 2 aliphatic heterocycles. The molecule has 0 aliphatic carbocycles. The molecule has 0 saturated carbocycles. The van der Waals surface area contributed by atoms with E-state index in [1.807, 2.05) is 6.07 Å². The molecule has 29 heavy (non-hydrogen) atoms. The van der Waals surface area contributed by atoms with Crippen molar-refractivity contribution in [2.75, 3.05) is 24.7 Å². The fourth-order valence-corrected chi connectivity index (χ4v) is 5.09. The average molecular weight is 412 g/mol. The van der Waals surface area contributed by atoms with Gasteiger partial charge in [0.25, 0.3) is 11.5 Å². The van der Waals surface area contributed by atoms with Gasteiger partial charge >= 0.3 is 0 Å². The summed E-state index contributed by atoms with van der Waals surface area (Å²) in [5.74, 6) is -0.391. The summed E-state index contributed by atoms with van der Waals surface area (Å²) >= 11 is 0. The number of fused-ring (bicyclic) bond motifs is 4. The van der Waals surface area contributed by atoms with Crippen LogP contribution in [0, 0.1) is 17.2 Å². The number of amides is 1. The Kier molecular flexibility index (Phi) is 4.76. The molecule has 2 atom stereocenters. The van der Waals surface area contributed by atoms with Gasteiger partial charge in [-0.15, -0.1) is 0 Å². The van der Waals surface area contributed by atoms with Gasteiger partial charge in [-0.3, -0.25) is 9.59 Å². The van der Waals surface area contributed by atoms with Gasteiger partial charge in [-0.05, 0) is 48.7 Å². The highest BCUT2D eigenvalue weighted by Crippen LogP contribution is 2.36. The Balaban J connectivity index is 1.60. The highest BCUT2D eigenvalue weighted by Gasteiger charge is 2.37. The molecule has 1 aromatic carbocycles. The highest BCUT2D eigenvalue weighted by molar-refractivity contribution is 7.88. The molecule has 1 aromatic heterocycles. The van der Waals surface area contributed by atoms with E-state index in [9.17, 15) is 18.0 Å². The van der Waals surface area contributed by atoms with E-state index in [1.165, 1.54) is 22.7 Å². The lowest BCUT2D eigenvalue weighted by atomic mass is 9.84. The van der Waals surface area contributed by atoms with Gasteiger partial charge in [0.15, 0.2) is 0 Å². The second-order valence-corrected chi connectivity index (χ2v) is 9.59. The van der Waals surface area contributed by atoms with Crippen LogP contribution in [0.5, 0.6) is 0 Å². The Labute approximate surface area is 168 Å². The van der Waals surface area contributed by atoms with Crippen LogP contribution in [-0.4, -0.2) is 42.5 Å². The molecule has 3 heterocycles. The number of hydrogen-bond acceptors (Lipinski definition) is 5. The predicted octanol–water partition coefficient (Wildman–Crippen LogP) is 1.35. The van der Waals surface area contributed by atoms with E-state index in [2.05, 4.69) is 5.32 Å². The number of rotatable bonds is 3. The molecule has 8 nitrogen and oxygen atoms in total. The molecular formula is C20H20N4O4S. The van der Waals surface area contributed by atoms with Crippen molar-refractivity contribution in [3.63, 3.8) is 0 Å². The van der Waals surface area contributed by atoms with E-state index in [0.717, 1.165) is 12.1 Å². The number of anilines is 1. The molecule has 2 aromatic rings. The van der Waals surface area contributed by atoms with Gasteiger partial charge in [0.2, 0.25) is 10.0 Å². The topological polar surface area (TPSA) is 112 Å². The Morgan fingerprint density at radius 1 is 1.14 bits per heavy atom. The number of carbonyl (C=O) groups is 1. The van der Waals surface area contributed by atoms with Crippen molar-refractivity contribution < 1.29 is 13.2 Å². The fourth-order valence-electron chi connectivity index (χ4n) is 4.16. The minimum Gasteiger partial charge on any atom is -0.317 e. The van der Waals surface area contributed by atoms with Gasteiger partial charge in [-0.25, -0.2) is 12.7 Å². The third-order valence-electron chi connectivity index (χ3n) is 5.56. The number of benzene rings is 1. The maximum atomic E-state index is 13.0. The van der Waals surface area contributed by atoms with Gasteiger partial charge in [0.1, 0.15) is 5.69 Å². The van der Waals surface area contributed by atoms with Crippen molar-refractivity contribution >= 4 is 21.6 Å². The Bertz CT molecular complexity index is 1180. The van der Waals surface area contributed by atoms with Crippen molar-refractivity contribution in [2.45, 2.75) is 18.9 Å². The third kappa shape index (κ3) is 3.69. The number of pyridine rings is 1. The predicted molar refractivity (Wildman–Crippen MR) is 107 cm³/mol. The molecule has 0 radical (unpaired) electrons. The molecule has 2 unspecified atom stereocenters. The summed E-state index contributed by atoms with van der Waals surface area (Å²) in [4.78, 5) is 25.4. The summed E-state index contributed by atoms with van der Waals surface area (Å²) in [6.07, 6.45) is 2.06. The smallest absolute Gasteiger partial charge is 0.274 e. The second-order valence-electron chi connectivity index (χ2n) is 7.61. The number of piperidine rings is 1. The van der Waals surface area contributed by atoms with Crippen molar-refractivity contribution in [3.8, 4) is 6.07 Å². The Morgan fingerprint density at radius 3 is 2.52 bits per heavy atom. The third-order valence-corrected chi connectivity index (χ3v) is 6.80. The first-order valence-electron chi connectivity index (χ1n) is 9.26. The minimum absolute atomic E-state index is 0.0341. The van der Waals surface area contributed by atoms with Crippen LogP contribution in [0.1, 0.15) is 34.0 Å². The number of nitriles is 1. The molecule has 2 bridgehead atoms. The van der Waals surface area contributed by atoms with Crippen LogP contribution in [0.15, 0.2) is 41.2 Å². The lowest BCUT2D eigenvalue weighted by Crippen LogP contribution is -2.49. The normalized spacial score (nSPS) is 21.1. The first-order chi connectivity index (χ1) is 13.8. The summed E-state index contributed by atoms with van der Waals surface area (Å²) in [6.45, 7) is 1.20. The standard InChI is InChI=1S/C20H20N4O4S/c1-29(27,28)23-10-14-8-16(12-23)18-7-6-17(20(26)24(18)11-14)22-19(25)15-4-2-13(9-21)3-5-15/h2-7,14,16H,8,10-12H2,1H3,(H,22,25). The van der Waals surface area contributed by atoms with Crippen LogP contribution >= 0.6 is 0 Å². The number of aromatic nitrogens is 1. The number of sulfonamides is 1. The van der Waals surface area contributed by atoms with E-state index >= 15 is 0 Å². The zero-order valence-electron chi connectivity index (χ0n) is 15.8. The van der Waals surface area contributed by atoms with E-state index in [0.29, 0.717) is 30.8 Å². The van der Waals surface area contributed by atoms with Crippen molar-refractivity contribution in [2.24, 2.45) is 5.92 Å². The molecule has 1 fully saturated rings. The van der Waals surface area contributed by atoms with E-state index in [1.54, 1.807) is 28.8 Å². The monoisotopic (exact) mass is 412 g/mol. The maximum Gasteiger partial charge on any atom is 0.274 e. The molecule has 0 spiro atoms. The minimum atomic E-state index is -3.27. The summed E-state index contributed by atoms with van der Waals surface area (Å²) in [7, 11) is -3.27. The summed E-state index contributed by atoms with van der Waals surface area (Å²) in [6, 6.07) is 11.5. The molecule has 9 heteroatoms. The highest BCUT2D eigenvalue weighted by atomic mass is 32.2. The van der Waals surface area contributed by atoms with Gasteiger partial charge in [-0.2, -0.15) is 5.26 Å². The first kappa shape index (κ1) is 19.4. The van der Waals surface area contributed by atoms with Crippen LogP contribution in [0.25, 0.3) is 0 Å². The molecular weight excluding hydrogens is 392 g/mol. The summed E-state index contributed by atoms with van der Waals surface area (Å²) < 4.78 is 27.0. The van der Waals surface area contributed by atoms with E-state index < -0.39 is 15.9 Å². The molecule has 4 rings (SSSR count). The molecule has 2 aliphatic rings. The van der Waals surface area contributed by atoms with Crippen LogP contribution in [0.2, 0.25) is 0 Å². The van der Waals surface area contributed by atoms with Crippen molar-refractivity contribution in [1.82, 2.24) is 8.87 Å². The van der Waals surface area contributed by atoms with Crippen molar-refractivity contribution in [1.29, 1.82) is 5.26 Å². The zero-order valence-corrected chi connectivity index (χ0v) is 16.6. The Morgan fingerprint density at radius 2 is 1.86 bits per heavy atom. The molecule has 1 amide bonds. The van der Waals surface area contributed by atoms with Gasteiger partial charge in [0.05, 0.1) is 17.9 Å². The SMILES string of the molecule is CS(=O)(=O)N1CC2CC(C1)c1ccc(NC(=O)c3ccc(C#N)cc3)c(=O)n1C2. The lowest BCUT2D eigenvalue weighted by molar-refractivity contribution is 0.102. The molecule has 150 valence electrons. The van der Waals surface area contributed by atoms with Gasteiger partial charge < -0.3 is 9.88 Å². The summed E-state index contributed by atoms with van der Waals surface area (Å²) in [5, 5.41) is 11.5. The Hall–Kier alpha value is -2.96. The number of nitrogens with one attached hydrogen (secondary N) is 1. The number of hydrogen-bond donors (Lipinski definition) is 1. The van der Waals surface area contributed by atoms with Crippen molar-refractivity contribution in [3.05, 3.63) is 63.6 Å². The number of nitrogens with zero attached hydrogens (tertiary/aromatic N) is 3. The van der Waals surface area contributed by atoms with Crippen LogP contribution in [0.3, 0.4) is 0 Å². The van der Waals surface area contributed by atoms with E-state index in [-0.39, 0.29) is 23.1 Å². The van der Waals surface area contributed by atoms with Crippen LogP contribution in [0.4, 0.5) is 5.69 Å². The number of carbonyl (C=O) groups excluding carboxylic acids is 1. The van der Waals surface area contributed by atoms with Gasteiger partial charge in [0, 0.05) is 36.8 Å². The lowest BCUT2D eigenvalue weighted by Gasteiger charge is -2.41. The zero-order chi connectivity index (χ0) is 20.8. The largest absolute Gasteiger partial charge is 0.317 e. The average Bonchev–Trinajstić information content (AvgIpc) is 2.69. The molecule has 1 N–H and O–H groups in total. The van der Waals surface area contributed by atoms with Gasteiger partial charge in [-0.1, -0.05) is 0 Å². The van der Waals surface area contributed by atoms with Crippen LogP contribution < -0.4 is 10.9 Å². The van der Waals surface area contributed by atoms with Crippen LogP contribution in [-0.2, 0) is 16.6 Å². The van der Waals surface area contributed by atoms with E-state index in [4.69, 9.17) is 5.26 Å².